The molecule has 11 heteroatoms. The molecule has 0 aliphatic carbocycles. The van der Waals surface area contributed by atoms with Gasteiger partial charge >= 0.3 is 0 Å². The summed E-state index contributed by atoms with van der Waals surface area (Å²) in [6, 6.07) is 25.0. The Balaban J connectivity index is 1.74. The number of methoxy groups -OCH3 is 1. The fourth-order valence-electron chi connectivity index (χ4n) is 4.77. The smallest absolute Gasteiger partial charge is 0.229 e. The summed E-state index contributed by atoms with van der Waals surface area (Å²) in [6.45, 7) is 2.15. The van der Waals surface area contributed by atoms with Crippen LogP contribution >= 0.6 is 11.6 Å². The van der Waals surface area contributed by atoms with E-state index in [-0.39, 0.29) is 25.3 Å². The molecular formula is C32H34ClN3O6S. The van der Waals surface area contributed by atoms with Crippen LogP contribution in [-0.4, -0.2) is 39.3 Å². The molecule has 4 rings (SSSR count). The van der Waals surface area contributed by atoms with Crippen molar-refractivity contribution >= 4 is 44.6 Å². The molecule has 0 aliphatic rings. The van der Waals surface area contributed by atoms with Gasteiger partial charge in [0.15, 0.2) is 0 Å². The number of nitrogens with two attached hydrogens (primary N) is 1. The van der Waals surface area contributed by atoms with E-state index in [1.165, 1.54) is 7.11 Å². The molecule has 4 aromatic rings. The van der Waals surface area contributed by atoms with Crippen LogP contribution in [0.5, 0.6) is 11.5 Å². The highest BCUT2D eigenvalue weighted by Crippen LogP contribution is 2.39. The van der Waals surface area contributed by atoms with Crippen molar-refractivity contribution in [1.29, 1.82) is 0 Å². The van der Waals surface area contributed by atoms with E-state index in [1.54, 1.807) is 48.5 Å². The number of aliphatic hydroxyl groups is 1. The number of aliphatic hydroxyl groups excluding tert-OH is 1. The third-order valence-electron chi connectivity index (χ3n) is 6.70. The Bertz CT molecular complexity index is 1680. The van der Waals surface area contributed by atoms with Crippen molar-refractivity contribution in [1.82, 2.24) is 0 Å². The molecule has 0 aliphatic heterocycles. The average Bonchev–Trinajstić information content (AvgIpc) is 2.96. The van der Waals surface area contributed by atoms with Gasteiger partial charge < -0.3 is 25.2 Å². The van der Waals surface area contributed by atoms with Crippen molar-refractivity contribution in [2.75, 3.05) is 29.5 Å². The highest BCUT2D eigenvalue weighted by molar-refractivity contribution is 7.92. The molecule has 0 bridgehead atoms. The van der Waals surface area contributed by atoms with Gasteiger partial charge in [0.1, 0.15) is 18.1 Å². The van der Waals surface area contributed by atoms with Gasteiger partial charge in [0.25, 0.3) is 0 Å². The lowest BCUT2D eigenvalue weighted by Crippen LogP contribution is -2.27. The molecule has 1 amide bonds. The van der Waals surface area contributed by atoms with E-state index in [1.807, 2.05) is 48.2 Å². The minimum absolute atomic E-state index is 0.0317. The molecule has 0 heterocycles. The highest BCUT2D eigenvalue weighted by Gasteiger charge is 2.24. The standard InChI is InChI=1S/C32H34ClN3O6S/c1-21-9-15-29(41-2)26(18-31(34)38)32(21)36(25-13-11-24(33)12-14-25)19-28(37)23-10-16-30(27(17-23)35-43(3,39)40)42-20-22-7-5-4-6-8-22/h4-17,28,35,37H,18-20H2,1-3H3,(H2,34,38)/t28-/m1/s1. The van der Waals surface area contributed by atoms with Crippen molar-refractivity contribution in [2.45, 2.75) is 26.1 Å². The van der Waals surface area contributed by atoms with Crippen LogP contribution in [0.25, 0.3) is 0 Å². The first-order valence-electron chi connectivity index (χ1n) is 13.4. The van der Waals surface area contributed by atoms with Crippen LogP contribution in [0.15, 0.2) is 84.9 Å². The second-order valence-electron chi connectivity index (χ2n) is 10.1. The summed E-state index contributed by atoms with van der Waals surface area (Å²) in [5.74, 6) is 0.254. The average molecular weight is 624 g/mol. The van der Waals surface area contributed by atoms with Crippen LogP contribution < -0.4 is 24.8 Å². The predicted octanol–water partition coefficient (Wildman–Crippen LogP) is 5.51. The van der Waals surface area contributed by atoms with Crippen LogP contribution in [0.4, 0.5) is 17.1 Å². The largest absolute Gasteiger partial charge is 0.496 e. The maximum Gasteiger partial charge on any atom is 0.229 e. The molecule has 226 valence electrons. The van der Waals surface area contributed by atoms with Crippen molar-refractivity contribution in [3.8, 4) is 11.5 Å². The molecule has 0 saturated heterocycles. The molecule has 1 atom stereocenters. The number of carbonyl (C=O) groups excluding carboxylic acids is 1. The zero-order valence-corrected chi connectivity index (χ0v) is 25.7. The number of halogens is 1. The Labute approximate surface area is 256 Å². The number of nitrogens with one attached hydrogen (secondary N) is 1. The monoisotopic (exact) mass is 623 g/mol. The number of amides is 1. The minimum atomic E-state index is -3.66. The summed E-state index contributed by atoms with van der Waals surface area (Å²) in [5, 5.41) is 12.1. The molecule has 0 radical (unpaired) electrons. The Hall–Kier alpha value is -4.25. The zero-order chi connectivity index (χ0) is 31.1. The van der Waals surface area contributed by atoms with Crippen molar-refractivity contribution < 1.29 is 27.8 Å². The van der Waals surface area contributed by atoms with Gasteiger partial charge in [-0.25, -0.2) is 8.42 Å². The lowest BCUT2D eigenvalue weighted by molar-refractivity contribution is -0.117. The van der Waals surface area contributed by atoms with Crippen LogP contribution in [0, 0.1) is 6.92 Å². The lowest BCUT2D eigenvalue weighted by Gasteiger charge is -2.32. The summed E-state index contributed by atoms with van der Waals surface area (Å²) in [6.07, 6.45) is -0.146. The normalized spacial score (nSPS) is 11.9. The number of hydrogen-bond acceptors (Lipinski definition) is 7. The molecule has 0 spiro atoms. The fraction of sp³-hybridized carbons (Fsp3) is 0.219. The first-order valence-corrected chi connectivity index (χ1v) is 15.7. The number of primary amides is 1. The van der Waals surface area contributed by atoms with E-state index in [0.717, 1.165) is 17.4 Å². The van der Waals surface area contributed by atoms with Crippen molar-refractivity contribution in [3.05, 3.63) is 112 Å². The highest BCUT2D eigenvalue weighted by atomic mass is 35.5. The van der Waals surface area contributed by atoms with Gasteiger partial charge in [0.2, 0.25) is 15.9 Å². The van der Waals surface area contributed by atoms with E-state index in [0.29, 0.717) is 39.0 Å². The number of rotatable bonds is 13. The van der Waals surface area contributed by atoms with Crippen molar-refractivity contribution in [2.24, 2.45) is 5.73 Å². The molecule has 0 saturated carbocycles. The second kappa shape index (κ2) is 13.8. The Morgan fingerprint density at radius 1 is 1.02 bits per heavy atom. The molecule has 43 heavy (non-hydrogen) atoms. The van der Waals surface area contributed by atoms with E-state index in [9.17, 15) is 18.3 Å². The number of nitrogens with zero attached hydrogens (tertiary/aromatic N) is 1. The second-order valence-corrected chi connectivity index (χ2v) is 12.2. The number of benzene rings is 4. The van der Waals surface area contributed by atoms with Gasteiger partial charge in [-0.1, -0.05) is 54.1 Å². The summed E-state index contributed by atoms with van der Waals surface area (Å²) in [7, 11) is -2.15. The van der Waals surface area contributed by atoms with Crippen molar-refractivity contribution in [3.63, 3.8) is 0 Å². The Morgan fingerprint density at radius 3 is 2.33 bits per heavy atom. The van der Waals surface area contributed by atoms with Crippen LogP contribution in [0.3, 0.4) is 0 Å². The van der Waals surface area contributed by atoms with Gasteiger partial charge in [-0.2, -0.15) is 0 Å². The van der Waals surface area contributed by atoms with Crippen LogP contribution in [0.1, 0.15) is 28.4 Å². The number of aryl methyl sites for hydroxylation is 1. The number of anilines is 3. The fourth-order valence-corrected chi connectivity index (χ4v) is 5.45. The van der Waals surface area contributed by atoms with Gasteiger partial charge in [0.05, 0.1) is 43.8 Å². The van der Waals surface area contributed by atoms with Gasteiger partial charge in [-0.05, 0) is 66.1 Å². The zero-order valence-electron chi connectivity index (χ0n) is 24.1. The predicted molar refractivity (Wildman–Crippen MR) is 170 cm³/mol. The lowest BCUT2D eigenvalue weighted by atomic mass is 10.00. The molecule has 9 nitrogen and oxygen atoms in total. The third kappa shape index (κ3) is 8.41. The number of sulfonamides is 1. The maximum absolute atomic E-state index is 12.2. The molecule has 4 aromatic carbocycles. The molecule has 4 N–H and O–H groups in total. The number of carbonyl (C=O) groups is 1. The van der Waals surface area contributed by atoms with E-state index in [4.69, 9.17) is 26.8 Å². The van der Waals surface area contributed by atoms with Crippen LogP contribution in [0.2, 0.25) is 5.02 Å². The molecule has 0 fully saturated rings. The Morgan fingerprint density at radius 2 is 1.70 bits per heavy atom. The molecular weight excluding hydrogens is 590 g/mol. The van der Waals surface area contributed by atoms with Crippen LogP contribution in [-0.2, 0) is 27.8 Å². The quantitative estimate of drug-likeness (QED) is 0.179. The molecule has 0 aromatic heterocycles. The van der Waals surface area contributed by atoms with E-state index < -0.39 is 22.0 Å². The van der Waals surface area contributed by atoms with E-state index >= 15 is 0 Å². The third-order valence-corrected chi connectivity index (χ3v) is 7.54. The summed E-state index contributed by atoms with van der Waals surface area (Å²) in [4.78, 5) is 14.0. The van der Waals surface area contributed by atoms with E-state index in [2.05, 4.69) is 4.72 Å². The van der Waals surface area contributed by atoms with Gasteiger partial charge in [-0.3, -0.25) is 9.52 Å². The SMILES string of the molecule is COc1ccc(C)c(N(C[C@@H](O)c2ccc(OCc3ccccc3)c(NS(C)(=O)=O)c2)c2ccc(Cl)cc2)c1CC(N)=O. The number of hydrogen-bond donors (Lipinski definition) is 3. The first-order chi connectivity index (χ1) is 20.4. The Kier molecular flexibility index (Phi) is 10.2. The topological polar surface area (TPSA) is 131 Å². The minimum Gasteiger partial charge on any atom is -0.496 e. The summed E-state index contributed by atoms with van der Waals surface area (Å²) >= 11 is 6.18. The number of ether oxygens (including phenoxy) is 2. The van der Waals surface area contributed by atoms with Gasteiger partial charge in [-0.15, -0.1) is 0 Å². The first kappa shape index (κ1) is 31.7. The maximum atomic E-state index is 12.2. The summed E-state index contributed by atoms with van der Waals surface area (Å²) in [5.41, 5.74) is 9.90. The summed E-state index contributed by atoms with van der Waals surface area (Å²) < 4.78 is 38.4. The molecule has 0 unspecified atom stereocenters. The van der Waals surface area contributed by atoms with Gasteiger partial charge in [0, 0.05) is 16.3 Å².